The summed E-state index contributed by atoms with van der Waals surface area (Å²) < 4.78 is 0. The summed E-state index contributed by atoms with van der Waals surface area (Å²) in [5, 5.41) is 3.32. The normalized spacial score (nSPS) is 14.4. The third-order valence-electron chi connectivity index (χ3n) is 2.94. The van der Waals surface area contributed by atoms with E-state index in [9.17, 15) is 0 Å². The third kappa shape index (κ3) is 1.89. The molecule has 3 rings (SSSR count). The Balaban J connectivity index is 2.11. The molecule has 0 aliphatic carbocycles. The smallest absolute Gasteiger partial charge is 0.180 e. The highest BCUT2D eigenvalue weighted by atomic mass is 15.0. The van der Waals surface area contributed by atoms with Gasteiger partial charge in [0.2, 0.25) is 0 Å². The lowest BCUT2D eigenvalue weighted by atomic mass is 10.0. The lowest BCUT2D eigenvalue weighted by Gasteiger charge is -2.18. The van der Waals surface area contributed by atoms with E-state index in [0.29, 0.717) is 5.82 Å². The number of nitrogens with zero attached hydrogens (tertiary/aromatic N) is 4. The predicted octanol–water partition coefficient (Wildman–Crippen LogP) is 0.888. The van der Waals surface area contributed by atoms with Gasteiger partial charge < -0.3 is 5.32 Å². The third-order valence-corrected chi connectivity index (χ3v) is 2.94. The SMILES string of the molecule is Cc1nc(-c2cnccn2)nc2c1CCNC2. The molecule has 0 saturated heterocycles. The molecule has 0 atom stereocenters. The number of aryl methyl sites for hydroxylation is 1. The summed E-state index contributed by atoms with van der Waals surface area (Å²) in [5.74, 6) is 0.665. The Bertz CT molecular complexity index is 538. The summed E-state index contributed by atoms with van der Waals surface area (Å²) in [4.78, 5) is 17.4. The monoisotopic (exact) mass is 227 g/mol. The fourth-order valence-electron chi connectivity index (χ4n) is 2.08. The van der Waals surface area contributed by atoms with E-state index < -0.39 is 0 Å². The van der Waals surface area contributed by atoms with Crippen LogP contribution in [0.2, 0.25) is 0 Å². The van der Waals surface area contributed by atoms with Crippen LogP contribution in [0.3, 0.4) is 0 Å². The summed E-state index contributed by atoms with van der Waals surface area (Å²) in [6.07, 6.45) is 6.00. The maximum atomic E-state index is 4.57. The van der Waals surface area contributed by atoms with E-state index >= 15 is 0 Å². The number of hydrogen-bond acceptors (Lipinski definition) is 5. The molecule has 86 valence electrons. The minimum atomic E-state index is 0.665. The maximum Gasteiger partial charge on any atom is 0.180 e. The zero-order valence-electron chi connectivity index (χ0n) is 9.64. The van der Waals surface area contributed by atoms with E-state index in [1.165, 1.54) is 5.56 Å². The van der Waals surface area contributed by atoms with Crippen molar-refractivity contribution >= 4 is 0 Å². The Morgan fingerprint density at radius 2 is 2.18 bits per heavy atom. The van der Waals surface area contributed by atoms with Crippen molar-refractivity contribution in [3.05, 3.63) is 35.5 Å². The Kier molecular flexibility index (Phi) is 2.53. The second-order valence-electron chi connectivity index (χ2n) is 4.08. The molecule has 1 aliphatic heterocycles. The molecule has 0 unspecified atom stereocenters. The molecule has 0 bridgehead atoms. The van der Waals surface area contributed by atoms with Gasteiger partial charge in [-0.2, -0.15) is 0 Å². The van der Waals surface area contributed by atoms with Gasteiger partial charge in [-0.15, -0.1) is 0 Å². The van der Waals surface area contributed by atoms with Gasteiger partial charge in [-0.1, -0.05) is 0 Å². The van der Waals surface area contributed by atoms with E-state index in [-0.39, 0.29) is 0 Å². The molecular formula is C12H13N5. The highest BCUT2D eigenvalue weighted by Gasteiger charge is 2.16. The molecule has 17 heavy (non-hydrogen) atoms. The van der Waals surface area contributed by atoms with Gasteiger partial charge in [0.15, 0.2) is 5.82 Å². The molecule has 0 fully saturated rings. The van der Waals surface area contributed by atoms with Crippen molar-refractivity contribution in [3.8, 4) is 11.5 Å². The molecule has 5 nitrogen and oxygen atoms in total. The number of fused-ring (bicyclic) bond motifs is 1. The minimum Gasteiger partial charge on any atom is -0.311 e. The van der Waals surface area contributed by atoms with Gasteiger partial charge in [0.25, 0.3) is 0 Å². The number of rotatable bonds is 1. The van der Waals surface area contributed by atoms with Crippen LogP contribution in [0.25, 0.3) is 11.5 Å². The lowest BCUT2D eigenvalue weighted by molar-refractivity contribution is 0.619. The average Bonchev–Trinajstić information content (AvgIpc) is 2.40. The van der Waals surface area contributed by atoms with Crippen LogP contribution in [0.5, 0.6) is 0 Å². The van der Waals surface area contributed by atoms with Crippen molar-refractivity contribution in [1.29, 1.82) is 0 Å². The summed E-state index contributed by atoms with van der Waals surface area (Å²) in [6, 6.07) is 0. The summed E-state index contributed by atoms with van der Waals surface area (Å²) >= 11 is 0. The summed E-state index contributed by atoms with van der Waals surface area (Å²) in [7, 11) is 0. The Labute approximate surface area is 99.4 Å². The van der Waals surface area contributed by atoms with Gasteiger partial charge in [-0.3, -0.25) is 4.98 Å². The molecule has 0 spiro atoms. The van der Waals surface area contributed by atoms with Gasteiger partial charge in [-0.05, 0) is 25.5 Å². The average molecular weight is 227 g/mol. The molecule has 0 aromatic carbocycles. The van der Waals surface area contributed by atoms with Crippen LogP contribution in [0.1, 0.15) is 17.0 Å². The number of hydrogen-bond donors (Lipinski definition) is 1. The van der Waals surface area contributed by atoms with Crippen LogP contribution in [-0.2, 0) is 13.0 Å². The topological polar surface area (TPSA) is 63.6 Å². The van der Waals surface area contributed by atoms with E-state index in [1.54, 1.807) is 18.6 Å². The minimum absolute atomic E-state index is 0.665. The van der Waals surface area contributed by atoms with Gasteiger partial charge in [0.05, 0.1) is 11.9 Å². The van der Waals surface area contributed by atoms with Gasteiger partial charge in [0.1, 0.15) is 5.69 Å². The van der Waals surface area contributed by atoms with Crippen LogP contribution in [0, 0.1) is 6.92 Å². The molecular weight excluding hydrogens is 214 g/mol. The second-order valence-corrected chi connectivity index (χ2v) is 4.08. The fourth-order valence-corrected chi connectivity index (χ4v) is 2.08. The summed E-state index contributed by atoms with van der Waals surface area (Å²) in [5.41, 5.74) is 4.14. The van der Waals surface area contributed by atoms with Crippen molar-refractivity contribution in [2.24, 2.45) is 0 Å². The first-order valence-electron chi connectivity index (χ1n) is 5.68. The van der Waals surface area contributed by atoms with Gasteiger partial charge >= 0.3 is 0 Å². The Morgan fingerprint density at radius 1 is 1.24 bits per heavy atom. The molecule has 1 aliphatic rings. The highest BCUT2D eigenvalue weighted by Crippen LogP contribution is 2.19. The first-order valence-corrected chi connectivity index (χ1v) is 5.68. The van der Waals surface area contributed by atoms with E-state index in [2.05, 4.69) is 25.3 Å². The Morgan fingerprint density at radius 3 is 3.00 bits per heavy atom. The van der Waals surface area contributed by atoms with Crippen molar-refractivity contribution in [3.63, 3.8) is 0 Å². The molecule has 5 heteroatoms. The number of aromatic nitrogens is 4. The first kappa shape index (κ1) is 10.3. The quantitative estimate of drug-likeness (QED) is 0.783. The standard InChI is InChI=1S/C12H13N5/c1-8-9-2-3-13-6-10(9)17-12(16-8)11-7-14-4-5-15-11/h4-5,7,13H,2-3,6H2,1H3. The zero-order chi connectivity index (χ0) is 11.7. The summed E-state index contributed by atoms with van der Waals surface area (Å²) in [6.45, 7) is 3.85. The largest absolute Gasteiger partial charge is 0.311 e. The highest BCUT2D eigenvalue weighted by molar-refractivity contribution is 5.49. The van der Waals surface area contributed by atoms with Crippen molar-refractivity contribution in [1.82, 2.24) is 25.3 Å². The molecule has 0 amide bonds. The molecule has 2 aromatic rings. The van der Waals surface area contributed by atoms with Crippen molar-refractivity contribution in [2.45, 2.75) is 19.9 Å². The van der Waals surface area contributed by atoms with Crippen LogP contribution in [0.4, 0.5) is 0 Å². The van der Waals surface area contributed by atoms with Crippen molar-refractivity contribution < 1.29 is 0 Å². The van der Waals surface area contributed by atoms with Crippen molar-refractivity contribution in [2.75, 3.05) is 6.54 Å². The fraction of sp³-hybridized carbons (Fsp3) is 0.333. The molecule has 1 N–H and O–H groups in total. The van der Waals surface area contributed by atoms with Crippen LogP contribution in [0.15, 0.2) is 18.6 Å². The van der Waals surface area contributed by atoms with Crippen LogP contribution < -0.4 is 5.32 Å². The van der Waals surface area contributed by atoms with Gasteiger partial charge in [0, 0.05) is 24.6 Å². The molecule has 0 saturated carbocycles. The van der Waals surface area contributed by atoms with E-state index in [1.807, 2.05) is 6.92 Å². The van der Waals surface area contributed by atoms with Crippen LogP contribution in [-0.4, -0.2) is 26.5 Å². The maximum absolute atomic E-state index is 4.57. The van der Waals surface area contributed by atoms with Crippen LogP contribution >= 0.6 is 0 Å². The lowest BCUT2D eigenvalue weighted by Crippen LogP contribution is -2.26. The Hall–Kier alpha value is -1.88. The number of nitrogens with one attached hydrogen (secondary N) is 1. The zero-order valence-corrected chi connectivity index (χ0v) is 9.64. The predicted molar refractivity (Wildman–Crippen MR) is 63.2 cm³/mol. The first-order chi connectivity index (χ1) is 8.34. The second kappa shape index (κ2) is 4.18. The molecule has 3 heterocycles. The molecule has 0 radical (unpaired) electrons. The van der Waals surface area contributed by atoms with E-state index in [0.717, 1.165) is 36.6 Å². The van der Waals surface area contributed by atoms with Gasteiger partial charge in [-0.25, -0.2) is 15.0 Å². The van der Waals surface area contributed by atoms with E-state index in [4.69, 9.17) is 0 Å². The molecule has 2 aromatic heterocycles.